The molecule has 1 aliphatic rings. The number of amides is 1. The molecule has 4 nitrogen and oxygen atoms in total. The van der Waals surface area contributed by atoms with Crippen molar-refractivity contribution in [3.8, 4) is 0 Å². The average molecular weight is 322 g/mol. The molecule has 2 rings (SSSR count). The van der Waals surface area contributed by atoms with Crippen LogP contribution in [0, 0.1) is 12.7 Å². The zero-order chi connectivity index (χ0) is 17.0. The van der Waals surface area contributed by atoms with Crippen LogP contribution < -0.4 is 5.32 Å². The molecular formula is C18H27FN2O2. The van der Waals surface area contributed by atoms with Gasteiger partial charge in [0.2, 0.25) is 0 Å². The van der Waals surface area contributed by atoms with Gasteiger partial charge in [0.05, 0.1) is 0 Å². The Kier molecular flexibility index (Phi) is 5.50. The van der Waals surface area contributed by atoms with Crippen molar-refractivity contribution >= 4 is 11.8 Å². The lowest BCUT2D eigenvalue weighted by Crippen LogP contribution is -2.37. The van der Waals surface area contributed by atoms with E-state index in [4.69, 9.17) is 4.74 Å². The standard InChI is InChI=1S/C18H27FN2O2/c1-13-15(19)8-5-9-16(13)20-14-7-6-11-21(12-10-14)17(22)23-18(2,3)4/h5,8-9,14,20H,6-7,10-12H2,1-4H3. The van der Waals surface area contributed by atoms with Gasteiger partial charge in [-0.2, -0.15) is 0 Å². The number of nitrogens with zero attached hydrogens (tertiary/aromatic N) is 1. The van der Waals surface area contributed by atoms with E-state index in [-0.39, 0.29) is 18.0 Å². The van der Waals surface area contributed by atoms with Gasteiger partial charge in [-0.3, -0.25) is 0 Å². The second kappa shape index (κ2) is 7.20. The Morgan fingerprint density at radius 1 is 1.30 bits per heavy atom. The van der Waals surface area contributed by atoms with Crippen LogP contribution in [0.5, 0.6) is 0 Å². The summed E-state index contributed by atoms with van der Waals surface area (Å²) in [5.74, 6) is -0.195. The van der Waals surface area contributed by atoms with Gasteiger partial charge in [0, 0.05) is 30.4 Å². The fraction of sp³-hybridized carbons (Fsp3) is 0.611. The molecule has 1 saturated heterocycles. The van der Waals surface area contributed by atoms with Crippen LogP contribution >= 0.6 is 0 Å². The molecule has 1 unspecified atom stereocenters. The van der Waals surface area contributed by atoms with Gasteiger partial charge in [0.1, 0.15) is 11.4 Å². The predicted octanol–water partition coefficient (Wildman–Crippen LogP) is 4.34. The number of halogens is 1. The Morgan fingerprint density at radius 2 is 2.04 bits per heavy atom. The SMILES string of the molecule is Cc1c(F)cccc1NC1CCCN(C(=O)OC(C)(C)C)CC1. The number of carbonyl (C=O) groups is 1. The van der Waals surface area contributed by atoms with E-state index in [9.17, 15) is 9.18 Å². The third kappa shape index (κ3) is 5.12. The molecule has 1 aromatic rings. The Morgan fingerprint density at radius 3 is 2.74 bits per heavy atom. The van der Waals surface area contributed by atoms with Crippen molar-refractivity contribution in [1.29, 1.82) is 0 Å². The van der Waals surface area contributed by atoms with Crippen LogP contribution in [0.4, 0.5) is 14.9 Å². The molecule has 128 valence electrons. The van der Waals surface area contributed by atoms with Crippen LogP contribution in [0.1, 0.15) is 45.6 Å². The van der Waals surface area contributed by atoms with Crippen molar-refractivity contribution < 1.29 is 13.9 Å². The van der Waals surface area contributed by atoms with Gasteiger partial charge in [-0.05, 0) is 59.1 Å². The third-order valence-corrected chi connectivity index (χ3v) is 4.01. The topological polar surface area (TPSA) is 41.6 Å². The molecule has 1 heterocycles. The largest absolute Gasteiger partial charge is 0.444 e. The van der Waals surface area contributed by atoms with Crippen LogP contribution in [0.3, 0.4) is 0 Å². The minimum Gasteiger partial charge on any atom is -0.444 e. The lowest BCUT2D eigenvalue weighted by Gasteiger charge is -2.26. The molecule has 1 aromatic carbocycles. The Bertz CT molecular complexity index is 554. The quantitative estimate of drug-likeness (QED) is 0.881. The number of rotatable bonds is 2. The fourth-order valence-electron chi connectivity index (χ4n) is 2.73. The maximum Gasteiger partial charge on any atom is 0.410 e. The van der Waals surface area contributed by atoms with Crippen molar-refractivity contribution in [1.82, 2.24) is 4.90 Å². The highest BCUT2D eigenvalue weighted by atomic mass is 19.1. The number of ether oxygens (including phenoxy) is 1. The van der Waals surface area contributed by atoms with E-state index in [0.717, 1.165) is 24.9 Å². The van der Waals surface area contributed by atoms with Gasteiger partial charge in [-0.25, -0.2) is 9.18 Å². The number of likely N-dealkylation sites (tertiary alicyclic amines) is 1. The highest BCUT2D eigenvalue weighted by Crippen LogP contribution is 2.22. The van der Waals surface area contributed by atoms with Crippen LogP contribution in [-0.2, 0) is 4.74 Å². The molecule has 0 saturated carbocycles. The first-order valence-electron chi connectivity index (χ1n) is 8.26. The zero-order valence-electron chi connectivity index (χ0n) is 14.5. The summed E-state index contributed by atoms with van der Waals surface area (Å²) < 4.78 is 19.1. The van der Waals surface area contributed by atoms with Crippen molar-refractivity contribution in [3.05, 3.63) is 29.6 Å². The van der Waals surface area contributed by atoms with Gasteiger partial charge in [0.15, 0.2) is 0 Å². The number of hydrogen-bond acceptors (Lipinski definition) is 3. The molecule has 5 heteroatoms. The lowest BCUT2D eigenvalue weighted by atomic mass is 10.1. The Balaban J connectivity index is 1.93. The van der Waals surface area contributed by atoms with Gasteiger partial charge in [0.25, 0.3) is 0 Å². The van der Waals surface area contributed by atoms with E-state index < -0.39 is 5.60 Å². The molecule has 0 aromatic heterocycles. The molecule has 0 radical (unpaired) electrons. The Hall–Kier alpha value is -1.78. The first-order valence-corrected chi connectivity index (χ1v) is 8.26. The monoisotopic (exact) mass is 322 g/mol. The van der Waals surface area contributed by atoms with Gasteiger partial charge < -0.3 is 15.0 Å². The highest BCUT2D eigenvalue weighted by molar-refractivity contribution is 5.68. The first kappa shape index (κ1) is 17.6. The summed E-state index contributed by atoms with van der Waals surface area (Å²) >= 11 is 0. The summed E-state index contributed by atoms with van der Waals surface area (Å²) in [6.07, 6.45) is 2.44. The van der Waals surface area contributed by atoms with E-state index >= 15 is 0 Å². The molecule has 1 N–H and O–H groups in total. The van der Waals surface area contributed by atoms with Crippen molar-refractivity contribution in [2.24, 2.45) is 0 Å². The first-order chi connectivity index (χ1) is 10.8. The van der Waals surface area contributed by atoms with Crippen LogP contribution in [0.25, 0.3) is 0 Å². The molecule has 0 bridgehead atoms. The molecule has 23 heavy (non-hydrogen) atoms. The van der Waals surface area contributed by atoms with Gasteiger partial charge >= 0.3 is 6.09 Å². The molecular weight excluding hydrogens is 295 g/mol. The molecule has 1 aliphatic heterocycles. The van der Waals surface area contributed by atoms with E-state index in [1.54, 1.807) is 17.9 Å². The maximum absolute atomic E-state index is 13.6. The van der Waals surface area contributed by atoms with Crippen LogP contribution in [-0.4, -0.2) is 35.7 Å². The van der Waals surface area contributed by atoms with Crippen LogP contribution in [0.15, 0.2) is 18.2 Å². The number of hydrogen-bond donors (Lipinski definition) is 1. The fourth-order valence-corrected chi connectivity index (χ4v) is 2.73. The third-order valence-electron chi connectivity index (χ3n) is 4.01. The predicted molar refractivity (Wildman–Crippen MR) is 90.2 cm³/mol. The minimum atomic E-state index is -0.473. The van der Waals surface area contributed by atoms with Gasteiger partial charge in [-0.1, -0.05) is 6.07 Å². The Labute approximate surface area is 138 Å². The number of benzene rings is 1. The molecule has 1 amide bonds. The van der Waals surface area contributed by atoms with E-state index in [2.05, 4.69) is 5.32 Å². The van der Waals surface area contributed by atoms with Gasteiger partial charge in [-0.15, -0.1) is 0 Å². The second-order valence-electron chi connectivity index (χ2n) is 7.15. The normalized spacial score (nSPS) is 19.2. The zero-order valence-corrected chi connectivity index (χ0v) is 14.5. The molecule has 1 fully saturated rings. The van der Waals surface area contributed by atoms with E-state index in [1.807, 2.05) is 26.8 Å². The average Bonchev–Trinajstić information content (AvgIpc) is 2.68. The summed E-state index contributed by atoms with van der Waals surface area (Å²) in [5.41, 5.74) is 1.00. The van der Waals surface area contributed by atoms with Crippen molar-refractivity contribution in [2.45, 2.75) is 58.6 Å². The summed E-state index contributed by atoms with van der Waals surface area (Å²) in [7, 11) is 0. The summed E-state index contributed by atoms with van der Waals surface area (Å²) in [6, 6.07) is 5.32. The van der Waals surface area contributed by atoms with Crippen molar-refractivity contribution in [2.75, 3.05) is 18.4 Å². The summed E-state index contributed by atoms with van der Waals surface area (Å²) in [6.45, 7) is 8.76. The molecule has 0 spiro atoms. The summed E-state index contributed by atoms with van der Waals surface area (Å²) in [5, 5.41) is 3.42. The smallest absolute Gasteiger partial charge is 0.410 e. The van der Waals surface area contributed by atoms with E-state index in [0.29, 0.717) is 18.7 Å². The maximum atomic E-state index is 13.6. The van der Waals surface area contributed by atoms with Crippen molar-refractivity contribution in [3.63, 3.8) is 0 Å². The molecule has 0 aliphatic carbocycles. The minimum absolute atomic E-state index is 0.195. The summed E-state index contributed by atoms with van der Waals surface area (Å²) in [4.78, 5) is 13.9. The lowest BCUT2D eigenvalue weighted by molar-refractivity contribution is 0.0256. The van der Waals surface area contributed by atoms with E-state index in [1.165, 1.54) is 6.07 Å². The number of carbonyl (C=O) groups excluding carboxylic acids is 1. The van der Waals surface area contributed by atoms with Crippen LogP contribution in [0.2, 0.25) is 0 Å². The highest BCUT2D eigenvalue weighted by Gasteiger charge is 2.25. The number of anilines is 1. The second-order valence-corrected chi connectivity index (χ2v) is 7.15. The number of nitrogens with one attached hydrogen (secondary N) is 1. The molecule has 1 atom stereocenters.